The summed E-state index contributed by atoms with van der Waals surface area (Å²) in [4.78, 5) is 2.44. The van der Waals surface area contributed by atoms with Gasteiger partial charge in [-0.1, -0.05) is 12.2 Å². The van der Waals surface area contributed by atoms with Crippen molar-refractivity contribution in [1.82, 2.24) is 4.90 Å². The molecule has 2 aliphatic heterocycles. The van der Waals surface area contributed by atoms with Crippen molar-refractivity contribution in [3.63, 3.8) is 0 Å². The van der Waals surface area contributed by atoms with E-state index in [2.05, 4.69) is 24.0 Å². The largest absolute Gasteiger partial charge is 0.366 e. The molecule has 2 heteroatoms. The van der Waals surface area contributed by atoms with Crippen LogP contribution in [0.5, 0.6) is 0 Å². The number of hydrogen-bond donors (Lipinski definition) is 0. The van der Waals surface area contributed by atoms with Gasteiger partial charge in [0.05, 0.1) is 6.73 Å². The molecule has 2 unspecified atom stereocenters. The molecule has 3 aliphatic rings. The molecule has 68 valence electrons. The fourth-order valence-corrected chi connectivity index (χ4v) is 2.11. The number of fused-ring (bicyclic) bond motifs is 2. The van der Waals surface area contributed by atoms with E-state index in [0.717, 1.165) is 19.3 Å². The highest BCUT2D eigenvalue weighted by atomic mass is 16.5. The van der Waals surface area contributed by atoms with Crippen LogP contribution in [0.15, 0.2) is 12.2 Å². The fourth-order valence-electron chi connectivity index (χ4n) is 2.11. The molecular weight excluding hydrogens is 150 g/mol. The molecule has 0 aromatic heterocycles. The second-order valence-electron chi connectivity index (χ2n) is 3.68. The second kappa shape index (κ2) is 3.58. The molecule has 12 heavy (non-hydrogen) atoms. The van der Waals surface area contributed by atoms with Gasteiger partial charge in [-0.15, -0.1) is 0 Å². The third kappa shape index (κ3) is 1.54. The van der Waals surface area contributed by atoms with Crippen LogP contribution in [-0.2, 0) is 4.74 Å². The van der Waals surface area contributed by atoms with Crippen molar-refractivity contribution >= 4 is 0 Å². The highest BCUT2D eigenvalue weighted by Crippen LogP contribution is 2.28. The van der Waals surface area contributed by atoms with Crippen molar-refractivity contribution in [3.05, 3.63) is 12.2 Å². The van der Waals surface area contributed by atoms with Crippen LogP contribution in [0.4, 0.5) is 0 Å². The van der Waals surface area contributed by atoms with Crippen LogP contribution in [0.1, 0.15) is 19.8 Å². The minimum Gasteiger partial charge on any atom is -0.366 e. The SMILES string of the molecule is CCOCN1CC2C=CC1CC2. The molecule has 0 spiro atoms. The highest BCUT2D eigenvalue weighted by molar-refractivity contribution is 5.07. The molecule has 2 nitrogen and oxygen atoms in total. The first kappa shape index (κ1) is 8.27. The molecule has 1 saturated heterocycles. The molecule has 1 aliphatic carbocycles. The quantitative estimate of drug-likeness (QED) is 0.592. The van der Waals surface area contributed by atoms with Crippen LogP contribution in [0.2, 0.25) is 0 Å². The summed E-state index contributed by atoms with van der Waals surface area (Å²) < 4.78 is 5.42. The molecule has 0 aromatic rings. The van der Waals surface area contributed by atoms with Crippen LogP contribution in [-0.4, -0.2) is 30.8 Å². The van der Waals surface area contributed by atoms with E-state index in [-0.39, 0.29) is 0 Å². The molecule has 2 bridgehead atoms. The monoisotopic (exact) mass is 167 g/mol. The number of piperidine rings is 1. The number of rotatable bonds is 3. The van der Waals surface area contributed by atoms with Crippen LogP contribution in [0.25, 0.3) is 0 Å². The third-order valence-electron chi connectivity index (χ3n) is 2.84. The summed E-state index contributed by atoms with van der Waals surface area (Å²) in [5.74, 6) is 0.801. The Morgan fingerprint density at radius 1 is 1.42 bits per heavy atom. The fraction of sp³-hybridized carbons (Fsp3) is 0.800. The van der Waals surface area contributed by atoms with Crippen LogP contribution >= 0.6 is 0 Å². The maximum absolute atomic E-state index is 5.42. The maximum Gasteiger partial charge on any atom is 0.0995 e. The molecule has 2 atom stereocenters. The van der Waals surface area contributed by atoms with Gasteiger partial charge >= 0.3 is 0 Å². The summed E-state index contributed by atoms with van der Waals surface area (Å²) in [7, 11) is 0. The first-order valence-electron chi connectivity index (χ1n) is 4.90. The summed E-state index contributed by atoms with van der Waals surface area (Å²) in [6.07, 6.45) is 7.42. The van der Waals surface area contributed by atoms with E-state index in [0.29, 0.717) is 6.04 Å². The normalized spacial score (nSPS) is 34.4. The Balaban J connectivity index is 1.89. The highest BCUT2D eigenvalue weighted by Gasteiger charge is 2.29. The average molecular weight is 167 g/mol. The Bertz CT molecular complexity index is 179. The Hall–Kier alpha value is -0.340. The molecule has 0 amide bonds. The molecule has 0 radical (unpaired) electrons. The van der Waals surface area contributed by atoms with Crippen molar-refractivity contribution in [1.29, 1.82) is 0 Å². The lowest BCUT2D eigenvalue weighted by Gasteiger charge is -2.40. The smallest absolute Gasteiger partial charge is 0.0995 e. The molecule has 2 heterocycles. The molecule has 0 saturated carbocycles. The van der Waals surface area contributed by atoms with Crippen molar-refractivity contribution in [3.8, 4) is 0 Å². The number of ether oxygens (including phenoxy) is 1. The Morgan fingerprint density at radius 3 is 2.83 bits per heavy atom. The molecule has 3 rings (SSSR count). The van der Waals surface area contributed by atoms with Crippen molar-refractivity contribution in [2.24, 2.45) is 5.92 Å². The van der Waals surface area contributed by atoms with E-state index in [9.17, 15) is 0 Å². The predicted octanol–water partition coefficient (Wildman–Crippen LogP) is 1.63. The first-order valence-corrected chi connectivity index (χ1v) is 4.90. The lowest BCUT2D eigenvalue weighted by molar-refractivity contribution is -0.00646. The van der Waals surface area contributed by atoms with Crippen molar-refractivity contribution < 1.29 is 4.74 Å². The van der Waals surface area contributed by atoms with Gasteiger partial charge in [0.2, 0.25) is 0 Å². The Morgan fingerprint density at radius 2 is 2.33 bits per heavy atom. The summed E-state index contributed by atoms with van der Waals surface area (Å²) >= 11 is 0. The molecule has 0 aromatic carbocycles. The predicted molar refractivity (Wildman–Crippen MR) is 48.9 cm³/mol. The van der Waals surface area contributed by atoms with Crippen LogP contribution < -0.4 is 0 Å². The van der Waals surface area contributed by atoms with E-state index >= 15 is 0 Å². The molecule has 0 N–H and O–H groups in total. The summed E-state index contributed by atoms with van der Waals surface area (Å²) in [6, 6.07) is 0.668. The van der Waals surface area contributed by atoms with E-state index in [1.807, 2.05) is 0 Å². The second-order valence-corrected chi connectivity index (χ2v) is 3.68. The summed E-state index contributed by atoms with van der Waals surface area (Å²) in [5.41, 5.74) is 0. The van der Waals surface area contributed by atoms with E-state index < -0.39 is 0 Å². The van der Waals surface area contributed by atoms with Gasteiger partial charge in [0.15, 0.2) is 0 Å². The first-order chi connectivity index (χ1) is 5.90. The van der Waals surface area contributed by atoms with Gasteiger partial charge in [0, 0.05) is 19.2 Å². The minimum absolute atomic E-state index is 0.668. The van der Waals surface area contributed by atoms with Gasteiger partial charge in [0.25, 0.3) is 0 Å². The topological polar surface area (TPSA) is 12.5 Å². The van der Waals surface area contributed by atoms with E-state index in [4.69, 9.17) is 4.74 Å². The van der Waals surface area contributed by atoms with E-state index in [1.54, 1.807) is 0 Å². The molecular formula is C10H17NO. The van der Waals surface area contributed by atoms with Gasteiger partial charge in [-0.2, -0.15) is 0 Å². The van der Waals surface area contributed by atoms with Gasteiger partial charge in [-0.25, -0.2) is 0 Å². The van der Waals surface area contributed by atoms with Crippen LogP contribution in [0.3, 0.4) is 0 Å². The van der Waals surface area contributed by atoms with Gasteiger partial charge in [-0.05, 0) is 25.7 Å². The lowest BCUT2D eigenvalue weighted by Crippen LogP contribution is -2.45. The zero-order valence-corrected chi connectivity index (χ0v) is 7.70. The zero-order chi connectivity index (χ0) is 8.39. The maximum atomic E-state index is 5.42. The minimum atomic E-state index is 0.668. The van der Waals surface area contributed by atoms with Gasteiger partial charge < -0.3 is 4.74 Å². The lowest BCUT2D eigenvalue weighted by atomic mass is 9.86. The van der Waals surface area contributed by atoms with Crippen molar-refractivity contribution in [2.45, 2.75) is 25.8 Å². The average Bonchev–Trinajstić information content (AvgIpc) is 2.17. The van der Waals surface area contributed by atoms with Crippen molar-refractivity contribution in [2.75, 3.05) is 19.9 Å². The van der Waals surface area contributed by atoms with Gasteiger partial charge in [-0.3, -0.25) is 4.90 Å². The number of nitrogens with zero attached hydrogens (tertiary/aromatic N) is 1. The Kier molecular flexibility index (Phi) is 2.47. The van der Waals surface area contributed by atoms with E-state index in [1.165, 1.54) is 19.4 Å². The standard InChI is InChI=1S/C10H17NO/c1-2-12-8-11-7-9-3-5-10(11)6-4-9/h3,5,9-10H,2,4,6-8H2,1H3. The zero-order valence-electron chi connectivity index (χ0n) is 7.70. The molecule has 1 fully saturated rings. The summed E-state index contributed by atoms with van der Waals surface area (Å²) in [5, 5.41) is 0. The van der Waals surface area contributed by atoms with Gasteiger partial charge in [0.1, 0.15) is 0 Å². The Labute approximate surface area is 74.2 Å². The van der Waals surface area contributed by atoms with Crippen LogP contribution in [0, 0.1) is 5.92 Å². The third-order valence-corrected chi connectivity index (χ3v) is 2.84. The summed E-state index contributed by atoms with van der Waals surface area (Å²) in [6.45, 7) is 4.92. The number of hydrogen-bond acceptors (Lipinski definition) is 2.